The molecule has 1 aromatic carbocycles. The van der Waals surface area contributed by atoms with Crippen molar-refractivity contribution < 1.29 is 9.59 Å². The van der Waals surface area contributed by atoms with E-state index < -0.39 is 12.1 Å². The van der Waals surface area contributed by atoms with E-state index in [4.69, 9.17) is 5.26 Å². The first-order chi connectivity index (χ1) is 8.02. The van der Waals surface area contributed by atoms with Crippen molar-refractivity contribution >= 4 is 17.5 Å². The van der Waals surface area contributed by atoms with Gasteiger partial charge in [0.1, 0.15) is 0 Å². The maximum atomic E-state index is 11.5. The number of carbonyl (C=O) groups excluding carboxylic acids is 2. The molecule has 17 heavy (non-hydrogen) atoms. The summed E-state index contributed by atoms with van der Waals surface area (Å²) in [6, 6.07) is 7.50. The maximum Gasteiger partial charge on any atom is 0.319 e. The van der Waals surface area contributed by atoms with Gasteiger partial charge in [-0.05, 0) is 32.0 Å². The standard InChI is InChI=1S/C12H13N3O2/c1-8(9(2)16)14-12(17)15-11-5-3-4-10(6-11)7-13/h3-6,8H,1-2H3,(H2,14,15,17). The summed E-state index contributed by atoms with van der Waals surface area (Å²) < 4.78 is 0. The number of hydrogen-bond donors (Lipinski definition) is 2. The molecular weight excluding hydrogens is 218 g/mol. The largest absolute Gasteiger partial charge is 0.328 e. The number of anilines is 1. The van der Waals surface area contributed by atoms with Crippen molar-refractivity contribution in [3.8, 4) is 6.07 Å². The van der Waals surface area contributed by atoms with Crippen molar-refractivity contribution in [1.29, 1.82) is 5.26 Å². The Labute approximate surface area is 99.4 Å². The van der Waals surface area contributed by atoms with Gasteiger partial charge in [0, 0.05) is 5.69 Å². The monoisotopic (exact) mass is 231 g/mol. The zero-order valence-electron chi connectivity index (χ0n) is 9.65. The van der Waals surface area contributed by atoms with Crippen LogP contribution in [0.25, 0.3) is 0 Å². The first-order valence-electron chi connectivity index (χ1n) is 5.11. The summed E-state index contributed by atoms with van der Waals surface area (Å²) in [5.41, 5.74) is 0.972. The van der Waals surface area contributed by atoms with Gasteiger partial charge in [-0.25, -0.2) is 4.79 Å². The minimum atomic E-state index is -0.533. The average Bonchev–Trinajstić information content (AvgIpc) is 2.28. The van der Waals surface area contributed by atoms with Crippen LogP contribution in [0, 0.1) is 11.3 Å². The number of Topliss-reactive ketones (excluding diaryl/α,β-unsaturated/α-hetero) is 1. The maximum absolute atomic E-state index is 11.5. The summed E-state index contributed by atoms with van der Waals surface area (Å²) in [4.78, 5) is 22.4. The Morgan fingerprint density at radius 2 is 2.12 bits per heavy atom. The van der Waals surface area contributed by atoms with Gasteiger partial charge in [-0.15, -0.1) is 0 Å². The van der Waals surface area contributed by atoms with E-state index in [0.29, 0.717) is 11.3 Å². The van der Waals surface area contributed by atoms with Crippen LogP contribution in [-0.2, 0) is 4.79 Å². The second-order valence-electron chi connectivity index (χ2n) is 3.62. The summed E-state index contributed by atoms with van der Waals surface area (Å²) in [6.45, 7) is 3.01. The van der Waals surface area contributed by atoms with E-state index in [0.717, 1.165) is 0 Å². The van der Waals surface area contributed by atoms with E-state index in [1.54, 1.807) is 31.2 Å². The van der Waals surface area contributed by atoms with Crippen LogP contribution < -0.4 is 10.6 Å². The molecule has 2 N–H and O–H groups in total. The van der Waals surface area contributed by atoms with Crippen molar-refractivity contribution in [2.45, 2.75) is 19.9 Å². The van der Waals surface area contributed by atoms with Crippen molar-refractivity contribution in [1.82, 2.24) is 5.32 Å². The molecule has 0 aliphatic rings. The van der Waals surface area contributed by atoms with Crippen LogP contribution in [0.5, 0.6) is 0 Å². The lowest BCUT2D eigenvalue weighted by Crippen LogP contribution is -2.39. The summed E-state index contributed by atoms with van der Waals surface area (Å²) in [6.07, 6.45) is 0. The van der Waals surface area contributed by atoms with Crippen molar-refractivity contribution in [2.24, 2.45) is 0 Å². The first-order valence-corrected chi connectivity index (χ1v) is 5.11. The van der Waals surface area contributed by atoms with Crippen LogP contribution in [-0.4, -0.2) is 17.9 Å². The topological polar surface area (TPSA) is 82.0 Å². The molecule has 1 unspecified atom stereocenters. The quantitative estimate of drug-likeness (QED) is 0.829. The molecule has 1 rings (SSSR count). The number of nitrogens with one attached hydrogen (secondary N) is 2. The van der Waals surface area contributed by atoms with E-state index in [-0.39, 0.29) is 5.78 Å². The number of rotatable bonds is 3. The molecular formula is C12H13N3O2. The number of carbonyl (C=O) groups is 2. The molecule has 5 nitrogen and oxygen atoms in total. The number of hydrogen-bond acceptors (Lipinski definition) is 3. The Bertz CT molecular complexity index is 477. The zero-order valence-corrected chi connectivity index (χ0v) is 9.65. The Hall–Kier alpha value is -2.35. The third-order valence-corrected chi connectivity index (χ3v) is 2.21. The first kappa shape index (κ1) is 12.7. The van der Waals surface area contributed by atoms with Gasteiger partial charge >= 0.3 is 6.03 Å². The van der Waals surface area contributed by atoms with Crippen molar-refractivity contribution in [3.05, 3.63) is 29.8 Å². The highest BCUT2D eigenvalue weighted by molar-refractivity contribution is 5.93. The Balaban J connectivity index is 2.62. The number of benzene rings is 1. The molecule has 0 bridgehead atoms. The third kappa shape index (κ3) is 3.95. The molecule has 88 valence electrons. The lowest BCUT2D eigenvalue weighted by molar-refractivity contribution is -0.118. The molecule has 5 heteroatoms. The molecule has 0 saturated heterocycles. The van der Waals surface area contributed by atoms with Crippen molar-refractivity contribution in [3.63, 3.8) is 0 Å². The number of nitrogens with zero attached hydrogens (tertiary/aromatic N) is 1. The van der Waals surface area contributed by atoms with Gasteiger partial charge in [-0.2, -0.15) is 5.26 Å². The Kier molecular flexibility index (Phi) is 4.23. The highest BCUT2D eigenvalue weighted by Gasteiger charge is 2.10. The summed E-state index contributed by atoms with van der Waals surface area (Å²) in [5.74, 6) is -0.120. The van der Waals surface area contributed by atoms with E-state index in [1.165, 1.54) is 6.92 Å². The highest BCUT2D eigenvalue weighted by Crippen LogP contribution is 2.09. The Morgan fingerprint density at radius 1 is 1.41 bits per heavy atom. The molecule has 1 aromatic rings. The van der Waals surface area contributed by atoms with Crippen LogP contribution in [0.15, 0.2) is 24.3 Å². The smallest absolute Gasteiger partial charge is 0.319 e. The number of nitriles is 1. The minimum Gasteiger partial charge on any atom is -0.328 e. The number of urea groups is 1. The van der Waals surface area contributed by atoms with Gasteiger partial charge in [0.15, 0.2) is 5.78 Å². The van der Waals surface area contributed by atoms with Crippen LogP contribution in [0.1, 0.15) is 19.4 Å². The molecule has 0 fully saturated rings. The van der Waals surface area contributed by atoms with Gasteiger partial charge in [0.2, 0.25) is 0 Å². The van der Waals surface area contributed by atoms with Crippen molar-refractivity contribution in [2.75, 3.05) is 5.32 Å². The molecule has 0 spiro atoms. The number of amides is 2. The second kappa shape index (κ2) is 5.66. The fourth-order valence-corrected chi connectivity index (χ4v) is 1.13. The fourth-order valence-electron chi connectivity index (χ4n) is 1.13. The lowest BCUT2D eigenvalue weighted by atomic mass is 10.2. The normalized spacial score (nSPS) is 11.1. The Morgan fingerprint density at radius 3 is 2.71 bits per heavy atom. The van der Waals surface area contributed by atoms with E-state index in [2.05, 4.69) is 10.6 Å². The molecule has 0 heterocycles. The molecule has 0 saturated carbocycles. The van der Waals surface area contributed by atoms with Crippen LogP contribution >= 0.6 is 0 Å². The third-order valence-electron chi connectivity index (χ3n) is 2.21. The predicted molar refractivity (Wildman–Crippen MR) is 63.5 cm³/mol. The van der Waals surface area contributed by atoms with E-state index >= 15 is 0 Å². The predicted octanol–water partition coefficient (Wildman–Crippen LogP) is 1.66. The second-order valence-corrected chi connectivity index (χ2v) is 3.62. The molecule has 2 amide bonds. The van der Waals surface area contributed by atoms with Gasteiger partial charge in [0.05, 0.1) is 17.7 Å². The van der Waals surface area contributed by atoms with Crippen LogP contribution in [0.4, 0.5) is 10.5 Å². The van der Waals surface area contributed by atoms with Gasteiger partial charge < -0.3 is 10.6 Å². The molecule has 0 aromatic heterocycles. The zero-order chi connectivity index (χ0) is 12.8. The lowest BCUT2D eigenvalue weighted by Gasteiger charge is -2.11. The van der Waals surface area contributed by atoms with E-state index in [9.17, 15) is 9.59 Å². The fraction of sp³-hybridized carbons (Fsp3) is 0.250. The molecule has 0 aliphatic heterocycles. The summed E-state index contributed by atoms with van der Waals surface area (Å²) >= 11 is 0. The van der Waals surface area contributed by atoms with Gasteiger partial charge in [-0.1, -0.05) is 6.07 Å². The summed E-state index contributed by atoms with van der Waals surface area (Å²) in [7, 11) is 0. The average molecular weight is 231 g/mol. The van der Waals surface area contributed by atoms with Crippen LogP contribution in [0.2, 0.25) is 0 Å². The minimum absolute atomic E-state index is 0.120. The SMILES string of the molecule is CC(=O)C(C)NC(=O)Nc1cccc(C#N)c1. The van der Waals surface area contributed by atoms with Gasteiger partial charge in [0.25, 0.3) is 0 Å². The molecule has 1 atom stereocenters. The van der Waals surface area contributed by atoms with E-state index in [1.807, 2.05) is 6.07 Å². The molecule has 0 radical (unpaired) electrons. The number of ketones is 1. The highest BCUT2D eigenvalue weighted by atomic mass is 16.2. The van der Waals surface area contributed by atoms with Gasteiger partial charge in [-0.3, -0.25) is 4.79 Å². The summed E-state index contributed by atoms with van der Waals surface area (Å²) in [5, 5.41) is 13.7. The molecule has 0 aliphatic carbocycles. The van der Waals surface area contributed by atoms with Crippen LogP contribution in [0.3, 0.4) is 0 Å².